The molecule has 1 nitrogen and oxygen atoms in total. The fourth-order valence-corrected chi connectivity index (χ4v) is 3.52. The number of benzene rings is 3. The normalized spacial score (nSPS) is 11.5. The second-order valence-corrected chi connectivity index (χ2v) is 6.69. The Morgan fingerprint density at radius 2 is 1.00 bits per heavy atom. The summed E-state index contributed by atoms with van der Waals surface area (Å²) in [5.41, 5.74) is 2.95. The molecule has 3 aromatic rings. The van der Waals surface area contributed by atoms with E-state index in [1.165, 1.54) is 34.6 Å². The molecule has 0 bridgehead atoms. The fraction of sp³-hybridized carbons (Fsp3) is 0.250. The van der Waals surface area contributed by atoms with Crippen molar-refractivity contribution in [3.8, 4) is 0 Å². The zero-order valence-corrected chi connectivity index (χ0v) is 15.6. The van der Waals surface area contributed by atoms with Gasteiger partial charge in [-0.1, -0.05) is 0 Å². The quantitative estimate of drug-likeness (QED) is 0.274. The molecular formula is C24H25LiO. The van der Waals surface area contributed by atoms with E-state index >= 15 is 0 Å². The monoisotopic (exact) mass is 336 g/mol. The Bertz CT molecular complexity index is 659. The van der Waals surface area contributed by atoms with Crippen molar-refractivity contribution in [2.75, 3.05) is 6.61 Å². The summed E-state index contributed by atoms with van der Waals surface area (Å²) >= 11 is 2.24. The van der Waals surface area contributed by atoms with Crippen LogP contribution >= 0.6 is 0 Å². The van der Waals surface area contributed by atoms with E-state index in [0.717, 1.165) is 13.0 Å². The van der Waals surface area contributed by atoms with Crippen LogP contribution in [0.2, 0.25) is 5.09 Å². The Balaban J connectivity index is 2.06. The van der Waals surface area contributed by atoms with Crippen LogP contribution < -0.4 is 0 Å². The van der Waals surface area contributed by atoms with E-state index in [1.54, 1.807) is 0 Å². The zero-order chi connectivity index (χ0) is 18.1. The number of hydrogen-bond donors (Lipinski definition) is 0. The molecule has 26 heavy (non-hydrogen) atoms. The summed E-state index contributed by atoms with van der Waals surface area (Å²) in [5.74, 6) is 0. The van der Waals surface area contributed by atoms with Crippen molar-refractivity contribution < 1.29 is 4.74 Å². The number of ether oxygens (including phenoxy) is 1. The molecule has 0 aromatic heterocycles. The van der Waals surface area contributed by atoms with Crippen LogP contribution in [0, 0.1) is 0 Å². The fourth-order valence-electron chi connectivity index (χ4n) is 3.52. The molecule has 0 saturated heterocycles. The average Bonchev–Trinajstić information content (AvgIpc) is 2.73. The van der Waals surface area contributed by atoms with Crippen LogP contribution in [0.3, 0.4) is 0 Å². The third-order valence-electron chi connectivity index (χ3n) is 4.86. The summed E-state index contributed by atoms with van der Waals surface area (Å²) in [6.07, 6.45) is 3.56. The van der Waals surface area contributed by atoms with Gasteiger partial charge in [-0.3, -0.25) is 0 Å². The Kier molecular flexibility index (Phi) is 7.15. The van der Waals surface area contributed by atoms with Gasteiger partial charge in [0, 0.05) is 0 Å². The van der Waals surface area contributed by atoms with Gasteiger partial charge >= 0.3 is 167 Å². The molecule has 0 saturated carbocycles. The van der Waals surface area contributed by atoms with Crippen molar-refractivity contribution >= 4 is 17.7 Å². The molecule has 0 aliphatic heterocycles. The summed E-state index contributed by atoms with van der Waals surface area (Å²) < 4.78 is 6.73. The molecule has 0 N–H and O–H groups in total. The first-order valence-corrected chi connectivity index (χ1v) is 9.68. The molecule has 0 radical (unpaired) electrons. The maximum atomic E-state index is 6.73. The van der Waals surface area contributed by atoms with Gasteiger partial charge in [0.05, 0.1) is 0 Å². The van der Waals surface area contributed by atoms with Gasteiger partial charge in [-0.05, 0) is 0 Å². The van der Waals surface area contributed by atoms with E-state index in [2.05, 4.69) is 109 Å². The maximum absolute atomic E-state index is 6.73. The summed E-state index contributed by atoms with van der Waals surface area (Å²) in [4.78, 5) is 0. The van der Waals surface area contributed by atoms with Gasteiger partial charge in [-0.15, -0.1) is 0 Å². The molecule has 3 rings (SSSR count). The van der Waals surface area contributed by atoms with Crippen LogP contribution in [0.4, 0.5) is 0 Å². The van der Waals surface area contributed by atoms with E-state index in [1.807, 2.05) is 0 Å². The number of hydrogen-bond acceptors (Lipinski definition) is 1. The third-order valence-corrected chi connectivity index (χ3v) is 4.86. The topological polar surface area (TPSA) is 9.23 Å². The summed E-state index contributed by atoms with van der Waals surface area (Å²) in [7, 11) is 0. The third kappa shape index (κ3) is 4.30. The first-order valence-electron chi connectivity index (χ1n) is 9.68. The van der Waals surface area contributed by atoms with Crippen molar-refractivity contribution in [1.29, 1.82) is 0 Å². The molecule has 0 fully saturated rings. The van der Waals surface area contributed by atoms with Crippen molar-refractivity contribution in [2.24, 2.45) is 0 Å². The molecule has 0 unspecified atom stereocenters. The van der Waals surface area contributed by atoms with Crippen molar-refractivity contribution in [3.05, 3.63) is 108 Å². The molecular weight excluding hydrogens is 311 g/mol. The zero-order valence-electron chi connectivity index (χ0n) is 15.6. The van der Waals surface area contributed by atoms with Crippen molar-refractivity contribution in [3.63, 3.8) is 0 Å². The predicted octanol–water partition coefficient (Wildman–Crippen LogP) is 5.75. The average molecular weight is 336 g/mol. The van der Waals surface area contributed by atoms with E-state index < -0.39 is 5.60 Å². The molecule has 0 atom stereocenters. The van der Waals surface area contributed by atoms with Crippen LogP contribution in [0.5, 0.6) is 0 Å². The van der Waals surface area contributed by atoms with Crippen LogP contribution in [-0.4, -0.2) is 24.3 Å². The van der Waals surface area contributed by atoms with Crippen molar-refractivity contribution in [1.82, 2.24) is 0 Å². The SMILES string of the molecule is [Li][CH2]CCCCOC(c1ccccc1)(c1ccccc1)c1ccccc1. The van der Waals surface area contributed by atoms with E-state index in [9.17, 15) is 0 Å². The second-order valence-electron chi connectivity index (χ2n) is 6.69. The van der Waals surface area contributed by atoms with Crippen LogP contribution in [0.15, 0.2) is 91.0 Å². The number of rotatable bonds is 9. The van der Waals surface area contributed by atoms with Crippen LogP contribution in [-0.2, 0) is 10.3 Å². The Labute approximate surface area is 166 Å². The van der Waals surface area contributed by atoms with E-state index in [0.29, 0.717) is 0 Å². The van der Waals surface area contributed by atoms with Gasteiger partial charge in [0.1, 0.15) is 0 Å². The first kappa shape index (κ1) is 19.0. The molecule has 0 aliphatic rings. The van der Waals surface area contributed by atoms with Gasteiger partial charge in [-0.25, -0.2) is 0 Å². The van der Waals surface area contributed by atoms with Crippen LogP contribution in [0.25, 0.3) is 0 Å². The van der Waals surface area contributed by atoms with Gasteiger partial charge in [0.2, 0.25) is 0 Å². The Morgan fingerprint density at radius 3 is 1.38 bits per heavy atom. The van der Waals surface area contributed by atoms with E-state index in [4.69, 9.17) is 4.74 Å². The molecule has 128 valence electrons. The Hall–Kier alpha value is -1.78. The standard InChI is InChI=1S/C24H25O.Li/c1-2-3-13-20-25-24(21-14-7-4-8-15-21,22-16-9-5-10-17-22)23-18-11-6-12-19-23;/h4-12,14-19H,1-3,13,20H2;. The molecule has 2 heteroatoms. The Morgan fingerprint density at radius 1 is 0.577 bits per heavy atom. The second kappa shape index (κ2) is 9.79. The van der Waals surface area contributed by atoms with Crippen LogP contribution in [0.1, 0.15) is 36.0 Å². The minimum atomic E-state index is -0.573. The predicted molar refractivity (Wildman–Crippen MR) is 110 cm³/mol. The molecule has 0 heterocycles. The summed E-state index contributed by atoms with van der Waals surface area (Å²) in [5, 5.41) is 1.24. The van der Waals surface area contributed by atoms with Gasteiger partial charge in [0.15, 0.2) is 0 Å². The van der Waals surface area contributed by atoms with Gasteiger partial charge in [0.25, 0.3) is 0 Å². The first-order chi connectivity index (χ1) is 12.9. The van der Waals surface area contributed by atoms with E-state index in [-0.39, 0.29) is 0 Å². The minimum absolute atomic E-state index is 0.573. The summed E-state index contributed by atoms with van der Waals surface area (Å²) in [6.45, 7) is 0.749. The molecule has 3 aromatic carbocycles. The molecule has 0 aliphatic carbocycles. The molecule has 0 amide bonds. The summed E-state index contributed by atoms with van der Waals surface area (Å²) in [6, 6.07) is 31.8. The van der Waals surface area contributed by atoms with Crippen molar-refractivity contribution in [2.45, 2.75) is 30.0 Å². The van der Waals surface area contributed by atoms with Gasteiger partial charge < -0.3 is 0 Å². The number of unbranched alkanes of at least 4 members (excludes halogenated alkanes) is 2. The molecule has 0 spiro atoms. The van der Waals surface area contributed by atoms with Gasteiger partial charge in [-0.2, -0.15) is 0 Å².